The molecule has 0 heterocycles. The van der Waals surface area contributed by atoms with Crippen LogP contribution < -0.4 is 0 Å². The lowest BCUT2D eigenvalue weighted by atomic mass is 9.47. The Hall–Kier alpha value is -0.820. The van der Waals surface area contributed by atoms with E-state index in [2.05, 4.69) is 52.2 Å². The highest BCUT2D eigenvalue weighted by molar-refractivity contribution is 5.26. The Labute approximate surface area is 194 Å². The fraction of sp³-hybridized carbons (Fsp3) is 0.800. The van der Waals surface area contributed by atoms with Crippen molar-refractivity contribution in [3.63, 3.8) is 0 Å². The number of fused-ring (bicyclic) bond motifs is 3. The molecule has 0 spiro atoms. The zero-order valence-corrected chi connectivity index (χ0v) is 21.5. The van der Waals surface area contributed by atoms with Crippen LogP contribution in [0.2, 0.25) is 0 Å². The van der Waals surface area contributed by atoms with Crippen molar-refractivity contribution in [1.29, 1.82) is 0 Å². The van der Waals surface area contributed by atoms with Gasteiger partial charge in [-0.2, -0.15) is 0 Å². The largest absolute Gasteiger partial charge is 0.299 e. The molecule has 3 fully saturated rings. The highest BCUT2D eigenvalue weighted by Gasteiger charge is 2.58. The monoisotopic (exact) mass is 425 g/mol. The van der Waals surface area contributed by atoms with Crippen molar-refractivity contribution < 1.29 is 0 Å². The normalized spacial score (nSPS) is 38.8. The van der Waals surface area contributed by atoms with E-state index in [0.29, 0.717) is 10.8 Å². The minimum absolute atomic E-state index is 0.390. The summed E-state index contributed by atoms with van der Waals surface area (Å²) in [6, 6.07) is 0. The first kappa shape index (κ1) is 24.8. The molecule has 0 saturated heterocycles. The Kier molecular flexibility index (Phi) is 8.33. The van der Waals surface area contributed by atoms with Crippen LogP contribution in [0, 0.1) is 34.5 Å². The first-order valence-corrected chi connectivity index (χ1v) is 13.6. The summed E-state index contributed by atoms with van der Waals surface area (Å²) in [7, 11) is 0. The fourth-order valence-electron chi connectivity index (χ4n) is 8.58. The second-order valence-corrected chi connectivity index (χ2v) is 11.6. The average Bonchev–Trinajstić information content (AvgIpc) is 3.08. The maximum absolute atomic E-state index is 4.71. The zero-order valence-electron chi connectivity index (χ0n) is 21.5. The predicted molar refractivity (Wildman–Crippen MR) is 137 cm³/mol. The van der Waals surface area contributed by atoms with Gasteiger partial charge >= 0.3 is 0 Å². The van der Waals surface area contributed by atoms with Gasteiger partial charge in [-0.1, -0.05) is 77.5 Å². The van der Waals surface area contributed by atoms with Crippen LogP contribution in [-0.2, 0) is 0 Å². The van der Waals surface area contributed by atoms with Crippen molar-refractivity contribution in [3.8, 4) is 0 Å². The summed E-state index contributed by atoms with van der Waals surface area (Å²) in [4.78, 5) is 2.66. The first-order valence-electron chi connectivity index (χ1n) is 13.6. The number of rotatable bonds is 10. The van der Waals surface area contributed by atoms with Crippen LogP contribution in [0.3, 0.4) is 0 Å². The van der Waals surface area contributed by atoms with Crippen LogP contribution in [0.15, 0.2) is 36.5 Å². The third-order valence-corrected chi connectivity index (χ3v) is 9.82. The molecule has 1 nitrogen and oxygen atoms in total. The molecule has 0 N–H and O–H groups in total. The van der Waals surface area contributed by atoms with Crippen LogP contribution >= 0.6 is 0 Å². The standard InChI is InChI=1S/C30H51N/c1-8-12-24-13-14-25-27-16-15-26(23(5)22-31(20-10-3)21-11-4)30(27,7)19-17-28(25)29(24,6)18-9-2/h8,12,25-28H,1,5,9-11,13-22H2,2-4,6-7H3/b24-12-. The van der Waals surface area contributed by atoms with Gasteiger partial charge in [0.05, 0.1) is 0 Å². The summed E-state index contributed by atoms with van der Waals surface area (Å²) in [6.07, 6.45) is 17.9. The lowest BCUT2D eigenvalue weighted by Gasteiger charge is -2.57. The van der Waals surface area contributed by atoms with Gasteiger partial charge in [0.25, 0.3) is 0 Å². The van der Waals surface area contributed by atoms with E-state index >= 15 is 0 Å². The summed E-state index contributed by atoms with van der Waals surface area (Å²) in [5.41, 5.74) is 4.11. The molecule has 3 saturated carbocycles. The molecule has 0 aromatic carbocycles. The Morgan fingerprint density at radius 3 is 2.32 bits per heavy atom. The van der Waals surface area contributed by atoms with E-state index in [1.165, 1.54) is 77.3 Å². The average molecular weight is 426 g/mol. The SMILES string of the molecule is C=C/C=C1/CCC2C(CCC3(C)C(C(=C)CN(CCC)CCC)CCC23)C1(C)CCC. The van der Waals surface area contributed by atoms with Crippen LogP contribution in [0.4, 0.5) is 0 Å². The Morgan fingerprint density at radius 1 is 1.00 bits per heavy atom. The molecular formula is C30H51N. The second-order valence-electron chi connectivity index (χ2n) is 11.6. The van der Waals surface area contributed by atoms with Crippen molar-refractivity contribution in [1.82, 2.24) is 4.90 Å². The molecule has 0 bridgehead atoms. The van der Waals surface area contributed by atoms with Crippen LogP contribution in [0.1, 0.15) is 98.8 Å². The second kappa shape index (κ2) is 10.4. The molecule has 6 unspecified atom stereocenters. The number of allylic oxidation sites excluding steroid dienone is 3. The van der Waals surface area contributed by atoms with E-state index in [1.54, 1.807) is 11.1 Å². The summed E-state index contributed by atoms with van der Waals surface area (Å²) in [5.74, 6) is 3.42. The molecule has 31 heavy (non-hydrogen) atoms. The van der Waals surface area contributed by atoms with Gasteiger partial charge in [0.15, 0.2) is 0 Å². The lowest BCUT2D eigenvalue weighted by molar-refractivity contribution is -0.0448. The summed E-state index contributed by atoms with van der Waals surface area (Å²) in [5, 5.41) is 0. The first-order chi connectivity index (χ1) is 14.9. The Morgan fingerprint density at radius 2 is 1.71 bits per heavy atom. The zero-order chi connectivity index (χ0) is 22.6. The fourth-order valence-corrected chi connectivity index (χ4v) is 8.58. The van der Waals surface area contributed by atoms with Gasteiger partial charge < -0.3 is 0 Å². The number of nitrogens with zero attached hydrogens (tertiary/aromatic N) is 1. The third-order valence-electron chi connectivity index (χ3n) is 9.82. The maximum Gasteiger partial charge on any atom is 0.0193 e. The van der Waals surface area contributed by atoms with Gasteiger partial charge in [-0.05, 0) is 105 Å². The third kappa shape index (κ3) is 4.64. The van der Waals surface area contributed by atoms with E-state index in [9.17, 15) is 0 Å². The van der Waals surface area contributed by atoms with Gasteiger partial charge in [0.1, 0.15) is 0 Å². The van der Waals surface area contributed by atoms with Crippen LogP contribution in [-0.4, -0.2) is 24.5 Å². The summed E-state index contributed by atoms with van der Waals surface area (Å²) < 4.78 is 0. The molecular weight excluding hydrogens is 374 g/mol. The Balaban J connectivity index is 1.79. The van der Waals surface area contributed by atoms with Crippen molar-refractivity contribution in [2.75, 3.05) is 19.6 Å². The smallest absolute Gasteiger partial charge is 0.0193 e. The van der Waals surface area contributed by atoms with E-state index in [0.717, 1.165) is 30.2 Å². The van der Waals surface area contributed by atoms with Gasteiger partial charge in [-0.3, -0.25) is 4.90 Å². The molecule has 3 aliphatic rings. The maximum atomic E-state index is 4.71. The van der Waals surface area contributed by atoms with E-state index < -0.39 is 0 Å². The predicted octanol–water partition coefficient (Wildman–Crippen LogP) is 8.44. The molecule has 0 aliphatic heterocycles. The molecule has 1 heteroatoms. The molecule has 0 radical (unpaired) electrons. The quantitative estimate of drug-likeness (QED) is 0.317. The lowest BCUT2D eigenvalue weighted by Crippen LogP contribution is -2.50. The Bertz CT molecular complexity index is 653. The van der Waals surface area contributed by atoms with Gasteiger partial charge in [0.2, 0.25) is 0 Å². The van der Waals surface area contributed by atoms with Crippen molar-refractivity contribution in [2.24, 2.45) is 34.5 Å². The molecule has 3 aliphatic carbocycles. The van der Waals surface area contributed by atoms with E-state index in [1.807, 2.05) is 6.08 Å². The minimum Gasteiger partial charge on any atom is -0.299 e. The van der Waals surface area contributed by atoms with Gasteiger partial charge in [-0.25, -0.2) is 0 Å². The molecule has 0 amide bonds. The van der Waals surface area contributed by atoms with Gasteiger partial charge in [-0.15, -0.1) is 0 Å². The summed E-state index contributed by atoms with van der Waals surface area (Å²) >= 11 is 0. The highest BCUT2D eigenvalue weighted by atomic mass is 15.1. The molecule has 0 aromatic rings. The summed E-state index contributed by atoms with van der Waals surface area (Å²) in [6.45, 7) is 24.6. The van der Waals surface area contributed by atoms with Gasteiger partial charge in [0, 0.05) is 6.54 Å². The topological polar surface area (TPSA) is 3.24 Å². The number of hydrogen-bond acceptors (Lipinski definition) is 1. The molecule has 6 atom stereocenters. The minimum atomic E-state index is 0.390. The van der Waals surface area contributed by atoms with Crippen LogP contribution in [0.5, 0.6) is 0 Å². The molecule has 0 aromatic heterocycles. The highest BCUT2D eigenvalue weighted by Crippen LogP contribution is 2.67. The van der Waals surface area contributed by atoms with Crippen molar-refractivity contribution in [3.05, 3.63) is 36.5 Å². The van der Waals surface area contributed by atoms with Crippen LogP contribution in [0.25, 0.3) is 0 Å². The van der Waals surface area contributed by atoms with E-state index in [-0.39, 0.29) is 0 Å². The molecule has 3 rings (SSSR count). The number of hydrogen-bond donors (Lipinski definition) is 0. The van der Waals surface area contributed by atoms with Crippen molar-refractivity contribution >= 4 is 0 Å². The molecule has 176 valence electrons. The van der Waals surface area contributed by atoms with E-state index in [4.69, 9.17) is 6.58 Å². The van der Waals surface area contributed by atoms with Crippen molar-refractivity contribution in [2.45, 2.75) is 98.8 Å².